The normalized spacial score (nSPS) is 17.2. The van der Waals surface area contributed by atoms with E-state index in [1.54, 1.807) is 11.3 Å². The molecule has 0 aliphatic heterocycles. The summed E-state index contributed by atoms with van der Waals surface area (Å²) in [6.07, 6.45) is 3.41. The fourth-order valence-electron chi connectivity index (χ4n) is 4.22. The summed E-state index contributed by atoms with van der Waals surface area (Å²) in [5, 5.41) is 12.1. The predicted octanol–water partition coefficient (Wildman–Crippen LogP) is 4.18. The molecule has 4 rings (SSSR count). The number of carbonyl (C=O) groups is 1. The second kappa shape index (κ2) is 7.71. The molecule has 0 radical (unpaired) electrons. The molecule has 1 aliphatic rings. The molecule has 1 amide bonds. The summed E-state index contributed by atoms with van der Waals surface area (Å²) in [5.41, 5.74) is 3.79. The first-order chi connectivity index (χ1) is 13.9. The first-order valence-corrected chi connectivity index (χ1v) is 11.0. The Bertz CT molecular complexity index is 1130. The van der Waals surface area contributed by atoms with Crippen molar-refractivity contribution in [3.63, 3.8) is 0 Å². The van der Waals surface area contributed by atoms with Crippen LogP contribution in [0, 0.1) is 19.8 Å². The van der Waals surface area contributed by atoms with Gasteiger partial charge in [0, 0.05) is 10.6 Å². The molecule has 7 heteroatoms. The quantitative estimate of drug-likeness (QED) is 0.700. The molecule has 1 aliphatic carbocycles. The minimum atomic E-state index is -0.696. The maximum absolute atomic E-state index is 13.3. The van der Waals surface area contributed by atoms with Crippen molar-refractivity contribution in [2.24, 2.45) is 5.92 Å². The average molecular weight is 411 g/mol. The zero-order valence-corrected chi connectivity index (χ0v) is 18.1. The smallest absolute Gasteiger partial charge is 0.279 e. The Labute approximate surface area is 173 Å². The van der Waals surface area contributed by atoms with Crippen molar-refractivity contribution in [3.05, 3.63) is 50.1 Å². The Hall–Kier alpha value is -2.54. The summed E-state index contributed by atoms with van der Waals surface area (Å²) in [6.45, 7) is 8.10. The Balaban J connectivity index is 1.71. The Morgan fingerprint density at radius 2 is 2.03 bits per heavy atom. The van der Waals surface area contributed by atoms with Crippen molar-refractivity contribution in [2.75, 3.05) is 5.32 Å². The van der Waals surface area contributed by atoms with Gasteiger partial charge < -0.3 is 5.32 Å². The highest BCUT2D eigenvalue weighted by Gasteiger charge is 2.27. The summed E-state index contributed by atoms with van der Waals surface area (Å²) in [5.74, 6) is 0.378. The van der Waals surface area contributed by atoms with Gasteiger partial charge in [-0.3, -0.25) is 9.59 Å². The lowest BCUT2D eigenvalue weighted by atomic mass is 9.89. The maximum Gasteiger partial charge on any atom is 0.279 e. The number of nitrogens with zero attached hydrogens (tertiary/aromatic N) is 3. The molecular formula is C22H26N4O2S. The number of anilines is 1. The van der Waals surface area contributed by atoms with Crippen LogP contribution in [0.25, 0.3) is 10.2 Å². The van der Waals surface area contributed by atoms with Crippen LogP contribution in [0.2, 0.25) is 0 Å². The van der Waals surface area contributed by atoms with Gasteiger partial charge in [-0.05, 0) is 74.3 Å². The van der Waals surface area contributed by atoms with Crippen molar-refractivity contribution in [3.8, 4) is 0 Å². The van der Waals surface area contributed by atoms with Gasteiger partial charge in [-0.15, -0.1) is 16.4 Å². The van der Waals surface area contributed by atoms with E-state index in [-0.39, 0.29) is 11.5 Å². The lowest BCUT2D eigenvalue weighted by molar-refractivity contribution is -0.119. The first kappa shape index (κ1) is 19.8. The van der Waals surface area contributed by atoms with Crippen LogP contribution < -0.4 is 10.9 Å². The van der Waals surface area contributed by atoms with Gasteiger partial charge in [-0.1, -0.05) is 25.1 Å². The lowest BCUT2D eigenvalue weighted by Gasteiger charge is -2.18. The third-order valence-corrected chi connectivity index (χ3v) is 6.76. The monoisotopic (exact) mass is 410 g/mol. The van der Waals surface area contributed by atoms with Gasteiger partial charge >= 0.3 is 0 Å². The van der Waals surface area contributed by atoms with Gasteiger partial charge in [-0.2, -0.15) is 4.68 Å². The molecule has 0 saturated heterocycles. The van der Waals surface area contributed by atoms with E-state index >= 15 is 0 Å². The Kier molecular flexibility index (Phi) is 5.25. The number of nitrogens with one attached hydrogen (secondary N) is 1. The first-order valence-electron chi connectivity index (χ1n) is 10.2. The zero-order chi connectivity index (χ0) is 20.7. The standard InChI is InChI=1S/C22H26N4O2S/c1-5-17(20(27)23-15-9-13(3)8-14(4)10-15)26-22(28)19-16-7-6-12(2)11-18(16)29-21(19)24-25-26/h8-10,12,17H,5-7,11H2,1-4H3,(H,23,27). The Morgan fingerprint density at radius 3 is 2.72 bits per heavy atom. The highest BCUT2D eigenvalue weighted by atomic mass is 32.1. The number of aromatic nitrogens is 3. The largest absolute Gasteiger partial charge is 0.324 e. The lowest BCUT2D eigenvalue weighted by Crippen LogP contribution is -2.35. The van der Waals surface area contributed by atoms with E-state index in [9.17, 15) is 9.59 Å². The topological polar surface area (TPSA) is 76.9 Å². The van der Waals surface area contributed by atoms with Crippen LogP contribution in [0.3, 0.4) is 0 Å². The molecule has 6 nitrogen and oxygen atoms in total. The van der Waals surface area contributed by atoms with Crippen molar-refractivity contribution in [1.82, 2.24) is 15.0 Å². The van der Waals surface area contributed by atoms with Crippen LogP contribution in [0.4, 0.5) is 5.69 Å². The Morgan fingerprint density at radius 1 is 1.31 bits per heavy atom. The summed E-state index contributed by atoms with van der Waals surface area (Å²) >= 11 is 1.57. The molecule has 29 heavy (non-hydrogen) atoms. The molecule has 2 heterocycles. The third kappa shape index (κ3) is 3.71. The van der Waals surface area contributed by atoms with E-state index in [0.717, 1.165) is 41.6 Å². The molecule has 2 unspecified atom stereocenters. The van der Waals surface area contributed by atoms with E-state index in [0.29, 0.717) is 22.6 Å². The minimum absolute atomic E-state index is 0.204. The van der Waals surface area contributed by atoms with Crippen molar-refractivity contribution < 1.29 is 4.79 Å². The van der Waals surface area contributed by atoms with Gasteiger partial charge in [0.2, 0.25) is 5.91 Å². The van der Waals surface area contributed by atoms with Crippen LogP contribution in [-0.4, -0.2) is 20.9 Å². The highest BCUT2D eigenvalue weighted by molar-refractivity contribution is 7.18. The number of hydrogen-bond donors (Lipinski definition) is 1. The predicted molar refractivity (Wildman–Crippen MR) is 117 cm³/mol. The maximum atomic E-state index is 13.3. The average Bonchev–Trinajstić information content (AvgIpc) is 3.01. The third-order valence-electron chi connectivity index (χ3n) is 5.62. The van der Waals surface area contributed by atoms with Gasteiger partial charge in [0.25, 0.3) is 5.56 Å². The highest BCUT2D eigenvalue weighted by Crippen LogP contribution is 2.35. The molecule has 1 aromatic carbocycles. The number of rotatable bonds is 4. The molecule has 152 valence electrons. The fraction of sp³-hybridized carbons (Fsp3) is 0.455. The number of carbonyl (C=O) groups excluding carboxylic acids is 1. The SMILES string of the molecule is CCC(C(=O)Nc1cc(C)cc(C)c1)n1nnc2sc3c(c2c1=O)CCC(C)C3. The summed E-state index contributed by atoms with van der Waals surface area (Å²) in [7, 11) is 0. The summed E-state index contributed by atoms with van der Waals surface area (Å²) in [6, 6.07) is 5.20. The number of fused-ring (bicyclic) bond motifs is 3. The van der Waals surface area contributed by atoms with E-state index in [1.807, 2.05) is 32.9 Å². The van der Waals surface area contributed by atoms with Crippen LogP contribution in [-0.2, 0) is 17.6 Å². The summed E-state index contributed by atoms with van der Waals surface area (Å²) < 4.78 is 1.27. The van der Waals surface area contributed by atoms with E-state index in [4.69, 9.17) is 0 Å². The molecular weight excluding hydrogens is 384 g/mol. The van der Waals surface area contributed by atoms with Crippen molar-refractivity contribution in [1.29, 1.82) is 0 Å². The molecule has 2 atom stereocenters. The molecule has 3 aromatic rings. The van der Waals surface area contributed by atoms with Crippen LogP contribution in [0.15, 0.2) is 23.0 Å². The second-order valence-electron chi connectivity index (χ2n) is 8.16. The number of hydrogen-bond acceptors (Lipinski definition) is 5. The van der Waals surface area contributed by atoms with Gasteiger partial charge in [0.1, 0.15) is 6.04 Å². The molecule has 1 N–H and O–H groups in total. The van der Waals surface area contributed by atoms with Crippen LogP contribution in [0.5, 0.6) is 0 Å². The molecule has 0 spiro atoms. The van der Waals surface area contributed by atoms with Gasteiger partial charge in [-0.25, -0.2) is 0 Å². The molecule has 0 saturated carbocycles. The number of benzene rings is 1. The van der Waals surface area contributed by atoms with Crippen LogP contribution >= 0.6 is 11.3 Å². The van der Waals surface area contributed by atoms with E-state index < -0.39 is 6.04 Å². The van der Waals surface area contributed by atoms with Crippen LogP contribution in [0.1, 0.15) is 54.3 Å². The number of thiophene rings is 1. The zero-order valence-electron chi connectivity index (χ0n) is 17.3. The minimum Gasteiger partial charge on any atom is -0.324 e. The van der Waals surface area contributed by atoms with Gasteiger partial charge in [0.15, 0.2) is 4.83 Å². The fourth-order valence-corrected chi connectivity index (χ4v) is 5.54. The van der Waals surface area contributed by atoms with Crippen molar-refractivity contribution >= 4 is 33.1 Å². The van der Waals surface area contributed by atoms with E-state index in [2.05, 4.69) is 28.6 Å². The number of aryl methyl sites for hydroxylation is 3. The van der Waals surface area contributed by atoms with Crippen molar-refractivity contribution in [2.45, 2.75) is 59.4 Å². The molecule has 2 aromatic heterocycles. The second-order valence-corrected chi connectivity index (χ2v) is 9.24. The van der Waals surface area contributed by atoms with E-state index in [1.165, 1.54) is 9.56 Å². The summed E-state index contributed by atoms with van der Waals surface area (Å²) in [4.78, 5) is 28.2. The molecule has 0 fully saturated rings. The number of amides is 1. The molecule has 0 bridgehead atoms. The van der Waals surface area contributed by atoms with Gasteiger partial charge in [0.05, 0.1) is 5.39 Å².